The molecule has 1 aliphatic heterocycles. The molecule has 2 atom stereocenters. The molecule has 0 radical (unpaired) electrons. The molecule has 0 spiro atoms. The Morgan fingerprint density at radius 3 is 2.25 bits per heavy atom. The first-order valence-electron chi connectivity index (χ1n) is 11.9. The molecule has 1 saturated heterocycles. The number of sulfone groups is 1. The molecule has 2 unspecified atom stereocenters. The summed E-state index contributed by atoms with van der Waals surface area (Å²) in [6.07, 6.45) is 1.98. The Morgan fingerprint density at radius 1 is 0.950 bits per heavy atom. The highest BCUT2D eigenvalue weighted by Crippen LogP contribution is 2.30. The van der Waals surface area contributed by atoms with Gasteiger partial charge in [0.05, 0.1) is 16.8 Å². The van der Waals surface area contributed by atoms with Gasteiger partial charge in [-0.3, -0.25) is 4.79 Å². The van der Waals surface area contributed by atoms with E-state index in [9.17, 15) is 26.4 Å². The summed E-state index contributed by atoms with van der Waals surface area (Å²) in [5.74, 6) is -1.55. The van der Waals surface area contributed by atoms with Gasteiger partial charge in [0.2, 0.25) is 15.9 Å². The first kappa shape index (κ1) is 29.5. The Kier molecular flexibility index (Phi) is 8.49. The number of benzene rings is 3. The Morgan fingerprint density at radius 2 is 1.62 bits per heavy atom. The zero-order valence-corrected chi connectivity index (χ0v) is 23.8. The summed E-state index contributed by atoms with van der Waals surface area (Å²) in [4.78, 5) is 27.5. The molecule has 1 fully saturated rings. The van der Waals surface area contributed by atoms with Crippen LogP contribution in [0.2, 0.25) is 5.02 Å². The van der Waals surface area contributed by atoms with Crippen molar-refractivity contribution < 1.29 is 30.8 Å². The highest BCUT2D eigenvalue weighted by molar-refractivity contribution is 7.90. The molecule has 1 aliphatic rings. The Labute approximate surface area is 236 Å². The number of carbonyl (C=O) groups is 2. The topological polar surface area (TPSA) is 142 Å². The number of hydrogen-bond acceptors (Lipinski definition) is 6. The molecule has 0 aromatic heterocycles. The second-order valence-electron chi connectivity index (χ2n) is 9.38. The van der Waals surface area contributed by atoms with Crippen molar-refractivity contribution in [2.75, 3.05) is 29.7 Å². The molecule has 212 valence electrons. The van der Waals surface area contributed by atoms with E-state index in [0.29, 0.717) is 21.8 Å². The van der Waals surface area contributed by atoms with Crippen LogP contribution in [0, 0.1) is 5.82 Å². The van der Waals surface area contributed by atoms with Crippen LogP contribution >= 0.6 is 11.6 Å². The molecule has 3 aromatic carbocycles. The predicted octanol–water partition coefficient (Wildman–Crippen LogP) is 3.71. The minimum absolute atomic E-state index is 0.0314. The largest absolute Gasteiger partial charge is 0.322 e. The van der Waals surface area contributed by atoms with Gasteiger partial charge in [-0.05, 0) is 54.4 Å². The average Bonchev–Trinajstić information content (AvgIpc) is 3.28. The Hall–Kier alpha value is -3.52. The minimum Gasteiger partial charge on any atom is -0.322 e. The minimum atomic E-state index is -3.64. The van der Waals surface area contributed by atoms with E-state index >= 15 is 4.39 Å². The quantitative estimate of drug-likeness (QED) is 0.373. The molecule has 1 heterocycles. The van der Waals surface area contributed by atoms with Gasteiger partial charge < -0.3 is 15.5 Å². The third-order valence-corrected chi connectivity index (χ3v) is 8.33. The summed E-state index contributed by atoms with van der Waals surface area (Å²) >= 11 is 5.88. The highest BCUT2D eigenvalue weighted by atomic mass is 35.5. The lowest BCUT2D eigenvalue weighted by molar-refractivity contribution is -0.119. The number of sulfonamides is 1. The Bertz CT molecular complexity index is 1670. The summed E-state index contributed by atoms with van der Waals surface area (Å²) in [6, 6.07) is 13.8. The van der Waals surface area contributed by atoms with Crippen LogP contribution in [0.1, 0.15) is 6.42 Å². The van der Waals surface area contributed by atoms with Crippen LogP contribution in [-0.4, -0.2) is 64.8 Å². The van der Waals surface area contributed by atoms with Gasteiger partial charge in [0, 0.05) is 35.1 Å². The van der Waals surface area contributed by atoms with Crippen LogP contribution in [-0.2, 0) is 24.7 Å². The fraction of sp³-hybridized carbons (Fsp3) is 0.231. The van der Waals surface area contributed by atoms with Gasteiger partial charge in [0.1, 0.15) is 11.9 Å². The van der Waals surface area contributed by atoms with Crippen molar-refractivity contribution in [1.82, 2.24) is 9.62 Å². The van der Waals surface area contributed by atoms with E-state index in [2.05, 4.69) is 15.4 Å². The number of nitrogens with one attached hydrogen (secondary N) is 3. The lowest BCUT2D eigenvalue weighted by Gasteiger charge is -2.24. The zero-order valence-electron chi connectivity index (χ0n) is 21.4. The number of anilines is 2. The smallest absolute Gasteiger partial charge is 0.322 e. The summed E-state index contributed by atoms with van der Waals surface area (Å²) in [7, 11) is -7.22. The predicted molar refractivity (Wildman–Crippen MR) is 151 cm³/mol. The molecule has 14 heteroatoms. The van der Waals surface area contributed by atoms with Crippen molar-refractivity contribution in [2.45, 2.75) is 23.4 Å². The number of carbonyl (C=O) groups excluding carboxylic acids is 2. The first-order valence-corrected chi connectivity index (χ1v) is 16.1. The Balaban J connectivity index is 1.56. The maximum absolute atomic E-state index is 15.1. The first-order chi connectivity index (χ1) is 18.7. The number of hydrogen-bond donors (Lipinski definition) is 3. The fourth-order valence-electron chi connectivity index (χ4n) is 4.45. The van der Waals surface area contributed by atoms with Crippen molar-refractivity contribution in [3.05, 3.63) is 77.6 Å². The zero-order chi connectivity index (χ0) is 29.2. The average molecular weight is 609 g/mol. The number of likely N-dealkylation sites (tertiary alicyclic amines) is 1. The molecule has 3 N–H and O–H groups in total. The number of rotatable bonds is 7. The van der Waals surface area contributed by atoms with E-state index in [4.69, 9.17) is 11.6 Å². The maximum atomic E-state index is 15.1. The third kappa shape index (κ3) is 7.16. The van der Waals surface area contributed by atoms with E-state index in [-0.39, 0.29) is 23.5 Å². The van der Waals surface area contributed by atoms with Gasteiger partial charge in [0.15, 0.2) is 9.84 Å². The molecular weight excluding hydrogens is 583 g/mol. The van der Waals surface area contributed by atoms with E-state index < -0.39 is 49.7 Å². The summed E-state index contributed by atoms with van der Waals surface area (Å²) < 4.78 is 65.5. The molecule has 0 aliphatic carbocycles. The van der Waals surface area contributed by atoms with Crippen LogP contribution in [0.3, 0.4) is 0 Å². The summed E-state index contributed by atoms with van der Waals surface area (Å²) in [5.41, 5.74) is 0.809. The number of halogens is 2. The maximum Gasteiger partial charge on any atom is 0.322 e. The van der Waals surface area contributed by atoms with Gasteiger partial charge >= 0.3 is 6.03 Å². The molecule has 3 amide bonds. The van der Waals surface area contributed by atoms with Crippen LogP contribution in [0.25, 0.3) is 11.1 Å². The van der Waals surface area contributed by atoms with E-state index in [1.807, 2.05) is 0 Å². The second-order valence-corrected chi connectivity index (χ2v) is 13.6. The summed E-state index contributed by atoms with van der Waals surface area (Å²) in [6.45, 7) is -0.103. The third-order valence-electron chi connectivity index (χ3n) is 6.17. The molecule has 0 saturated carbocycles. The molecule has 4 rings (SSSR count). The number of amides is 3. The fourth-order valence-corrected chi connectivity index (χ4v) is 6.27. The van der Waals surface area contributed by atoms with Gasteiger partial charge in [-0.25, -0.2) is 30.7 Å². The molecule has 0 bridgehead atoms. The van der Waals surface area contributed by atoms with Gasteiger partial charge in [0.25, 0.3) is 0 Å². The molecule has 10 nitrogen and oxygen atoms in total. The van der Waals surface area contributed by atoms with Crippen LogP contribution in [0.4, 0.5) is 20.6 Å². The lowest BCUT2D eigenvalue weighted by Crippen LogP contribution is -2.45. The van der Waals surface area contributed by atoms with Crippen molar-refractivity contribution in [1.29, 1.82) is 0 Å². The molecule has 40 heavy (non-hydrogen) atoms. The highest BCUT2D eigenvalue weighted by Gasteiger charge is 2.41. The van der Waals surface area contributed by atoms with Gasteiger partial charge in [-0.2, -0.15) is 0 Å². The molecular formula is C26H26ClFN4O6S2. The van der Waals surface area contributed by atoms with Crippen LogP contribution < -0.4 is 15.4 Å². The van der Waals surface area contributed by atoms with Crippen molar-refractivity contribution in [3.8, 4) is 11.1 Å². The van der Waals surface area contributed by atoms with Crippen LogP contribution in [0.15, 0.2) is 71.6 Å². The summed E-state index contributed by atoms with van der Waals surface area (Å²) in [5, 5.41) is 5.57. The van der Waals surface area contributed by atoms with Crippen molar-refractivity contribution in [2.24, 2.45) is 0 Å². The standard InChI is InChI=1S/C26H26ClFN4O6S2/c1-39(35,36)24-6-4-3-5-20(24)16-7-12-22(21(28)13-16)30-25(33)23-14-19(31-40(2,37)38)15-32(23)26(34)29-18-10-8-17(27)9-11-18/h3-13,19,23,31H,14-15H2,1-2H3,(H,29,34)(H,30,33). The number of urea groups is 1. The lowest BCUT2D eigenvalue weighted by atomic mass is 10.0. The van der Waals surface area contributed by atoms with Gasteiger partial charge in [-0.15, -0.1) is 0 Å². The van der Waals surface area contributed by atoms with E-state index in [0.717, 1.165) is 18.6 Å². The van der Waals surface area contributed by atoms with Crippen molar-refractivity contribution >= 4 is 54.8 Å². The monoisotopic (exact) mass is 608 g/mol. The van der Waals surface area contributed by atoms with Crippen molar-refractivity contribution in [3.63, 3.8) is 0 Å². The van der Waals surface area contributed by atoms with Crippen LogP contribution in [0.5, 0.6) is 0 Å². The normalized spacial score (nSPS) is 17.4. The SMILES string of the molecule is CS(=O)(=O)NC1CC(C(=O)Nc2ccc(-c3ccccc3S(C)(=O)=O)cc2F)N(C(=O)Nc2ccc(Cl)cc2)C1. The number of nitrogens with zero attached hydrogens (tertiary/aromatic N) is 1. The molecule has 3 aromatic rings. The second kappa shape index (κ2) is 11.5. The van der Waals surface area contributed by atoms with Gasteiger partial charge in [-0.1, -0.05) is 35.9 Å². The van der Waals surface area contributed by atoms with E-state index in [1.54, 1.807) is 42.5 Å². The van der Waals surface area contributed by atoms with E-state index in [1.165, 1.54) is 23.1 Å².